The van der Waals surface area contributed by atoms with Gasteiger partial charge in [-0.05, 0) is 30.3 Å². The second-order valence-electron chi connectivity index (χ2n) is 5.25. The van der Waals surface area contributed by atoms with Gasteiger partial charge in [0.05, 0.1) is 22.4 Å². The van der Waals surface area contributed by atoms with Gasteiger partial charge in [0, 0.05) is 16.1 Å². The number of thiazole rings is 1. The fraction of sp³-hybridized carbons (Fsp3) is 0.111. The van der Waals surface area contributed by atoms with Gasteiger partial charge in [0.2, 0.25) is 0 Å². The molecule has 2 heterocycles. The molecular weight excluding hydrogens is 344 g/mol. The number of rotatable bonds is 2. The Kier molecular flexibility index (Phi) is 3.95. The van der Waals surface area contributed by atoms with E-state index in [0.717, 1.165) is 21.3 Å². The minimum atomic E-state index is 0.193. The molecule has 6 heteroatoms. The molecule has 4 nitrogen and oxygen atoms in total. The van der Waals surface area contributed by atoms with Gasteiger partial charge in [0.15, 0.2) is 6.79 Å². The Morgan fingerprint density at radius 3 is 3.04 bits per heavy atom. The number of allylic oxidation sites excluding steroid dienone is 1. The van der Waals surface area contributed by atoms with Crippen molar-refractivity contribution in [3.05, 3.63) is 57.6 Å². The van der Waals surface area contributed by atoms with Crippen molar-refractivity contribution in [2.24, 2.45) is 0 Å². The summed E-state index contributed by atoms with van der Waals surface area (Å²) in [5.41, 5.74) is 3.00. The maximum Gasteiger partial charge on any atom is 0.189 e. The number of nitrogens with zero attached hydrogens (tertiary/aromatic N) is 2. The van der Waals surface area contributed by atoms with Crippen LogP contribution in [0.15, 0.2) is 36.4 Å². The predicted molar refractivity (Wildman–Crippen MR) is 94.8 cm³/mol. The first kappa shape index (κ1) is 15.2. The third-order valence-corrected chi connectivity index (χ3v) is 4.94. The summed E-state index contributed by atoms with van der Waals surface area (Å²) in [5.74, 6) is 0.708. The van der Waals surface area contributed by atoms with Crippen molar-refractivity contribution >= 4 is 44.8 Å². The number of hydrogen-bond donors (Lipinski definition) is 0. The Balaban J connectivity index is 1.84. The molecule has 0 N–H and O–H groups in total. The molecule has 0 saturated heterocycles. The number of benzene rings is 2. The summed E-state index contributed by atoms with van der Waals surface area (Å²) in [4.78, 5) is 4.54. The van der Waals surface area contributed by atoms with Crippen molar-refractivity contribution in [3.63, 3.8) is 0 Å². The molecule has 1 aliphatic rings. The van der Waals surface area contributed by atoms with E-state index in [-0.39, 0.29) is 6.79 Å². The molecule has 1 aliphatic heterocycles. The lowest BCUT2D eigenvalue weighted by Crippen LogP contribution is -2.12. The highest BCUT2D eigenvalue weighted by Gasteiger charge is 2.17. The smallest absolute Gasteiger partial charge is 0.189 e. The third kappa shape index (κ3) is 2.76. The molecule has 0 spiro atoms. The lowest BCUT2D eigenvalue weighted by atomic mass is 10.1. The summed E-state index contributed by atoms with van der Waals surface area (Å²) in [6, 6.07) is 13.7. The molecule has 0 atom stereocenters. The zero-order valence-electron chi connectivity index (χ0n) is 12.5. The van der Waals surface area contributed by atoms with E-state index in [1.165, 1.54) is 11.3 Å². The molecule has 0 fully saturated rings. The van der Waals surface area contributed by atoms with Crippen molar-refractivity contribution in [2.75, 3.05) is 6.79 Å². The molecule has 1 aromatic heterocycles. The number of ether oxygens (including phenoxy) is 2. The lowest BCUT2D eigenvalue weighted by molar-refractivity contribution is -0.0165. The van der Waals surface area contributed by atoms with Crippen LogP contribution in [0.5, 0.6) is 5.75 Å². The highest BCUT2D eigenvalue weighted by atomic mass is 35.5. The summed E-state index contributed by atoms with van der Waals surface area (Å²) in [6.07, 6.45) is 1.77. The van der Waals surface area contributed by atoms with Crippen LogP contribution in [0.25, 0.3) is 21.9 Å². The molecule has 4 rings (SSSR count). The van der Waals surface area contributed by atoms with Gasteiger partial charge >= 0.3 is 0 Å². The average molecular weight is 355 g/mol. The monoisotopic (exact) mass is 354 g/mol. The number of hydrogen-bond acceptors (Lipinski definition) is 5. The van der Waals surface area contributed by atoms with Crippen molar-refractivity contribution in [3.8, 4) is 11.8 Å². The fourth-order valence-corrected chi connectivity index (χ4v) is 3.78. The zero-order chi connectivity index (χ0) is 16.5. The van der Waals surface area contributed by atoms with Crippen molar-refractivity contribution in [1.29, 1.82) is 5.26 Å². The molecule has 0 bridgehead atoms. The van der Waals surface area contributed by atoms with Crippen LogP contribution in [0, 0.1) is 11.3 Å². The van der Waals surface area contributed by atoms with Crippen molar-refractivity contribution < 1.29 is 9.47 Å². The fourth-order valence-electron chi connectivity index (χ4n) is 2.60. The van der Waals surface area contributed by atoms with Gasteiger partial charge in [-0.3, -0.25) is 0 Å². The first-order valence-electron chi connectivity index (χ1n) is 7.25. The second kappa shape index (κ2) is 6.25. The zero-order valence-corrected chi connectivity index (χ0v) is 14.0. The predicted octanol–water partition coefficient (Wildman–Crippen LogP) is 4.88. The van der Waals surface area contributed by atoms with Crippen LogP contribution in [0.2, 0.25) is 5.02 Å². The van der Waals surface area contributed by atoms with Crippen molar-refractivity contribution in [2.45, 2.75) is 6.61 Å². The molecule has 24 heavy (non-hydrogen) atoms. The Bertz CT molecular complexity index is 971. The summed E-state index contributed by atoms with van der Waals surface area (Å²) >= 11 is 7.67. The maximum absolute atomic E-state index is 9.59. The van der Waals surface area contributed by atoms with Crippen molar-refractivity contribution in [1.82, 2.24) is 4.98 Å². The van der Waals surface area contributed by atoms with E-state index in [9.17, 15) is 5.26 Å². The molecule has 2 aromatic carbocycles. The van der Waals surface area contributed by atoms with E-state index in [1.807, 2.05) is 30.3 Å². The van der Waals surface area contributed by atoms with Crippen LogP contribution in [0.4, 0.5) is 0 Å². The molecule has 0 saturated carbocycles. The van der Waals surface area contributed by atoms with E-state index in [1.54, 1.807) is 12.1 Å². The number of aromatic nitrogens is 1. The van der Waals surface area contributed by atoms with Crippen LogP contribution >= 0.6 is 22.9 Å². The van der Waals surface area contributed by atoms with E-state index >= 15 is 0 Å². The van der Waals surface area contributed by atoms with E-state index < -0.39 is 0 Å². The summed E-state index contributed by atoms with van der Waals surface area (Å²) in [5, 5.41) is 10.8. The summed E-state index contributed by atoms with van der Waals surface area (Å²) in [6.45, 7) is 0.637. The molecule has 3 aromatic rings. The molecule has 0 unspecified atom stereocenters. The van der Waals surface area contributed by atoms with Crippen LogP contribution in [0.1, 0.15) is 16.1 Å². The van der Waals surface area contributed by atoms with Gasteiger partial charge in [-0.1, -0.05) is 23.7 Å². The van der Waals surface area contributed by atoms with Crippen LogP contribution in [-0.2, 0) is 11.3 Å². The second-order valence-corrected chi connectivity index (χ2v) is 6.72. The Hall–Kier alpha value is -2.39. The number of para-hydroxylation sites is 1. The van der Waals surface area contributed by atoms with Gasteiger partial charge in [-0.2, -0.15) is 5.26 Å². The average Bonchev–Trinajstić information content (AvgIpc) is 3.03. The lowest BCUT2D eigenvalue weighted by Gasteiger charge is -2.20. The van der Waals surface area contributed by atoms with Gasteiger partial charge in [-0.25, -0.2) is 4.98 Å². The Morgan fingerprint density at radius 2 is 2.21 bits per heavy atom. The number of fused-ring (bicyclic) bond motifs is 2. The van der Waals surface area contributed by atoms with E-state index in [4.69, 9.17) is 21.1 Å². The van der Waals surface area contributed by atoms with Crippen LogP contribution < -0.4 is 4.74 Å². The highest BCUT2D eigenvalue weighted by Crippen LogP contribution is 2.35. The molecule has 0 aliphatic carbocycles. The summed E-state index contributed by atoms with van der Waals surface area (Å²) in [7, 11) is 0. The number of nitriles is 1. The molecular formula is C18H11ClN2O2S. The van der Waals surface area contributed by atoms with Crippen LogP contribution in [0.3, 0.4) is 0 Å². The minimum absolute atomic E-state index is 0.193. The minimum Gasteiger partial charge on any atom is -0.467 e. The van der Waals surface area contributed by atoms with Crippen LogP contribution in [-0.4, -0.2) is 11.8 Å². The molecule has 0 radical (unpaired) electrons. The van der Waals surface area contributed by atoms with Gasteiger partial charge in [-0.15, -0.1) is 11.3 Å². The number of halogens is 1. The van der Waals surface area contributed by atoms with E-state index in [2.05, 4.69) is 11.1 Å². The van der Waals surface area contributed by atoms with Gasteiger partial charge in [0.1, 0.15) is 16.8 Å². The van der Waals surface area contributed by atoms with Gasteiger partial charge in [0.25, 0.3) is 0 Å². The SMILES string of the molecule is N#C/C(=C\c1cc(Cl)cc2c1OCOC2)c1nc2ccccc2s1. The highest BCUT2D eigenvalue weighted by molar-refractivity contribution is 7.19. The molecule has 0 amide bonds. The normalized spacial score (nSPS) is 14.1. The Morgan fingerprint density at radius 1 is 1.33 bits per heavy atom. The summed E-state index contributed by atoms with van der Waals surface area (Å²) < 4.78 is 11.9. The quantitative estimate of drug-likeness (QED) is 0.615. The first-order chi connectivity index (χ1) is 11.7. The standard InChI is InChI=1S/C18H11ClN2O2S/c19-14-6-11(17-13(7-14)9-22-10-23-17)5-12(8-20)18-21-15-3-1-2-4-16(15)24-18/h1-7H,9-10H2/b12-5+. The maximum atomic E-state index is 9.59. The molecule has 118 valence electrons. The topological polar surface area (TPSA) is 55.1 Å². The van der Waals surface area contributed by atoms with E-state index in [0.29, 0.717) is 28.0 Å². The largest absolute Gasteiger partial charge is 0.467 e. The third-order valence-electron chi connectivity index (χ3n) is 3.65. The first-order valence-corrected chi connectivity index (χ1v) is 8.45. The van der Waals surface area contributed by atoms with Gasteiger partial charge < -0.3 is 9.47 Å². The Labute approximate surface area is 147 Å².